The summed E-state index contributed by atoms with van der Waals surface area (Å²) in [5, 5.41) is 6.55. The number of aliphatic imine (C=N–C) groups is 1. The number of fused-ring (bicyclic) bond motifs is 6. The quantitative estimate of drug-likeness (QED) is 0.123. The second kappa shape index (κ2) is 9.60. The molecule has 2 heterocycles. The number of rotatable bonds is 7. The van der Waals surface area contributed by atoms with Crippen LogP contribution in [0.5, 0.6) is 0 Å². The van der Waals surface area contributed by atoms with Crippen LogP contribution in [0.15, 0.2) is 41.4 Å². The van der Waals surface area contributed by atoms with Crippen molar-refractivity contribution in [3.8, 4) is 0 Å². The number of imidazole rings is 1. The van der Waals surface area contributed by atoms with Crippen LogP contribution in [-0.4, -0.2) is 59.3 Å². The smallest absolute Gasteiger partial charge is 0.233 e. The number of allylic oxidation sites excluding steroid dienone is 2. The maximum Gasteiger partial charge on any atom is 0.233 e. The van der Waals surface area contributed by atoms with E-state index in [1.165, 1.54) is 4.90 Å². The number of aromatic nitrogens is 2. The lowest BCUT2D eigenvalue weighted by Crippen LogP contribution is -2.40. The van der Waals surface area contributed by atoms with Crippen molar-refractivity contribution in [2.24, 2.45) is 28.7 Å². The topological polar surface area (TPSA) is 102 Å². The number of nitrogens with zero attached hydrogens (tertiary/aromatic N) is 3. The normalized spacial score (nSPS) is 26.0. The number of para-hydroxylation sites is 2. The van der Waals surface area contributed by atoms with Crippen molar-refractivity contribution >= 4 is 52.8 Å². The van der Waals surface area contributed by atoms with Gasteiger partial charge in [-0.2, -0.15) is 0 Å². The highest BCUT2D eigenvalue weighted by Crippen LogP contribution is 2.52. The zero-order valence-corrected chi connectivity index (χ0v) is 20.4. The lowest BCUT2D eigenvalue weighted by Gasteiger charge is -2.18. The van der Waals surface area contributed by atoms with Crippen LogP contribution in [0.3, 0.4) is 0 Å². The summed E-state index contributed by atoms with van der Waals surface area (Å²) >= 11 is 0. The third-order valence-electron chi connectivity index (χ3n) is 6.73. The maximum atomic E-state index is 12.7. The number of carbonyl (C=O) groups is 2. The Balaban J connectivity index is 0.00000245. The molecule has 3 N–H and O–H groups in total. The average molecular weight is 548 g/mol. The number of amides is 2. The minimum Gasteiger partial charge on any atom is -0.356 e. The largest absolute Gasteiger partial charge is 0.356 e. The van der Waals surface area contributed by atoms with Crippen LogP contribution >= 0.6 is 24.0 Å². The second-order valence-corrected chi connectivity index (χ2v) is 8.56. The Kier molecular flexibility index (Phi) is 6.82. The van der Waals surface area contributed by atoms with Crippen LogP contribution in [0.1, 0.15) is 18.7 Å². The van der Waals surface area contributed by atoms with E-state index in [1.54, 1.807) is 7.05 Å². The third kappa shape index (κ3) is 4.14. The van der Waals surface area contributed by atoms with Crippen LogP contribution in [0.4, 0.5) is 0 Å². The van der Waals surface area contributed by atoms with Gasteiger partial charge in [-0.25, -0.2) is 4.98 Å². The number of likely N-dealkylation sites (tertiary alicyclic amines) is 1. The highest BCUT2D eigenvalue weighted by Gasteiger charge is 2.58. The number of aromatic amines is 1. The van der Waals surface area contributed by atoms with E-state index in [0.29, 0.717) is 32.0 Å². The third-order valence-corrected chi connectivity index (χ3v) is 6.73. The SMILES string of the molecule is CN=C(NCCCN1C(=O)C2C3C=CC(C3)C2C1=O)NCCc1nc2ccccc2[nH]1.I. The molecule has 2 bridgehead atoms. The molecule has 4 atom stereocenters. The monoisotopic (exact) mass is 548 g/mol. The Morgan fingerprint density at radius 3 is 2.50 bits per heavy atom. The Hall–Kier alpha value is -2.43. The first kappa shape index (κ1) is 22.8. The Bertz CT molecular complexity index is 1000. The standard InChI is InChI=1S/C23H28N6O2.HI/c1-24-23(26-11-9-18-27-16-5-2-3-6-17(16)28-18)25-10-4-12-29-21(30)19-14-7-8-15(13-14)20(19)22(29)31;/h2-3,5-8,14-15,19-20H,4,9-13H2,1H3,(H,27,28)(H2,24,25,26);1H. The summed E-state index contributed by atoms with van der Waals surface area (Å²) in [6.45, 7) is 1.80. The zero-order valence-electron chi connectivity index (χ0n) is 18.1. The lowest BCUT2D eigenvalue weighted by molar-refractivity contribution is -0.140. The Labute approximate surface area is 204 Å². The highest BCUT2D eigenvalue weighted by molar-refractivity contribution is 14.0. The van der Waals surface area contributed by atoms with E-state index >= 15 is 0 Å². The van der Waals surface area contributed by atoms with Gasteiger partial charge < -0.3 is 15.6 Å². The molecule has 1 aromatic carbocycles. The predicted octanol–water partition coefficient (Wildman–Crippen LogP) is 2.09. The molecule has 8 nitrogen and oxygen atoms in total. The molecular formula is C23H29IN6O2. The van der Waals surface area contributed by atoms with Gasteiger partial charge in [0.25, 0.3) is 0 Å². The van der Waals surface area contributed by atoms with E-state index < -0.39 is 0 Å². The van der Waals surface area contributed by atoms with Gasteiger partial charge in [-0.1, -0.05) is 24.3 Å². The molecule has 1 saturated heterocycles. The molecule has 170 valence electrons. The first-order valence-electron chi connectivity index (χ1n) is 11.1. The van der Waals surface area contributed by atoms with Crippen molar-refractivity contribution in [1.29, 1.82) is 0 Å². The van der Waals surface area contributed by atoms with Crippen LogP contribution < -0.4 is 10.6 Å². The van der Waals surface area contributed by atoms with Crippen molar-refractivity contribution in [3.63, 3.8) is 0 Å². The van der Waals surface area contributed by atoms with Gasteiger partial charge in [0, 0.05) is 33.1 Å². The number of H-pyrrole nitrogens is 1. The van der Waals surface area contributed by atoms with Gasteiger partial charge in [-0.15, -0.1) is 24.0 Å². The van der Waals surface area contributed by atoms with Crippen molar-refractivity contribution in [1.82, 2.24) is 25.5 Å². The lowest BCUT2D eigenvalue weighted by atomic mass is 9.85. The van der Waals surface area contributed by atoms with Crippen molar-refractivity contribution in [2.75, 3.05) is 26.7 Å². The zero-order chi connectivity index (χ0) is 21.4. The number of benzene rings is 1. The number of carbonyl (C=O) groups excluding carboxylic acids is 2. The van der Waals surface area contributed by atoms with Gasteiger partial charge in [0.05, 0.1) is 22.9 Å². The van der Waals surface area contributed by atoms with Gasteiger partial charge in [-0.3, -0.25) is 19.5 Å². The van der Waals surface area contributed by atoms with E-state index in [-0.39, 0.29) is 59.5 Å². The molecule has 0 radical (unpaired) electrons. The van der Waals surface area contributed by atoms with Crippen LogP contribution in [0.25, 0.3) is 11.0 Å². The molecule has 32 heavy (non-hydrogen) atoms. The molecule has 2 aromatic rings. The van der Waals surface area contributed by atoms with Gasteiger partial charge in [0.15, 0.2) is 5.96 Å². The average Bonchev–Trinajstić information content (AvgIpc) is 3.54. The van der Waals surface area contributed by atoms with E-state index in [1.807, 2.05) is 24.3 Å². The van der Waals surface area contributed by atoms with Crippen LogP contribution in [-0.2, 0) is 16.0 Å². The molecule has 3 aliphatic rings. The molecule has 4 unspecified atom stereocenters. The summed E-state index contributed by atoms with van der Waals surface area (Å²) in [6, 6.07) is 7.98. The molecule has 1 aliphatic heterocycles. The number of guanidine groups is 1. The summed E-state index contributed by atoms with van der Waals surface area (Å²) in [5.74, 6) is 2.01. The molecule has 0 spiro atoms. The minimum atomic E-state index is -0.108. The summed E-state index contributed by atoms with van der Waals surface area (Å²) in [6.07, 6.45) is 6.68. The number of hydrogen-bond acceptors (Lipinski definition) is 4. The van der Waals surface area contributed by atoms with E-state index in [2.05, 4.69) is 37.7 Å². The fourth-order valence-corrected chi connectivity index (χ4v) is 5.27. The van der Waals surface area contributed by atoms with E-state index in [9.17, 15) is 9.59 Å². The summed E-state index contributed by atoms with van der Waals surface area (Å²) < 4.78 is 0. The summed E-state index contributed by atoms with van der Waals surface area (Å²) in [5.41, 5.74) is 2.01. The fourth-order valence-electron chi connectivity index (χ4n) is 5.27. The maximum absolute atomic E-state index is 12.7. The number of imide groups is 1. The molecule has 9 heteroatoms. The van der Waals surface area contributed by atoms with Crippen LogP contribution in [0.2, 0.25) is 0 Å². The van der Waals surface area contributed by atoms with E-state index in [0.717, 1.165) is 29.7 Å². The van der Waals surface area contributed by atoms with Crippen LogP contribution in [0, 0.1) is 23.7 Å². The van der Waals surface area contributed by atoms with E-state index in [4.69, 9.17) is 0 Å². The molecule has 2 fully saturated rings. The Morgan fingerprint density at radius 2 is 1.81 bits per heavy atom. The minimum absolute atomic E-state index is 0. The predicted molar refractivity (Wildman–Crippen MR) is 134 cm³/mol. The number of nitrogens with one attached hydrogen (secondary N) is 3. The van der Waals surface area contributed by atoms with Gasteiger partial charge in [-0.05, 0) is 36.8 Å². The molecule has 1 aromatic heterocycles. The van der Waals surface area contributed by atoms with Gasteiger partial charge >= 0.3 is 0 Å². The van der Waals surface area contributed by atoms with Crippen molar-refractivity contribution < 1.29 is 9.59 Å². The van der Waals surface area contributed by atoms with Crippen molar-refractivity contribution in [2.45, 2.75) is 19.3 Å². The number of halogens is 1. The van der Waals surface area contributed by atoms with Crippen molar-refractivity contribution in [3.05, 3.63) is 42.2 Å². The highest BCUT2D eigenvalue weighted by atomic mass is 127. The summed E-state index contributed by atoms with van der Waals surface area (Å²) in [7, 11) is 1.73. The second-order valence-electron chi connectivity index (χ2n) is 8.56. The first-order chi connectivity index (χ1) is 15.2. The summed E-state index contributed by atoms with van der Waals surface area (Å²) in [4.78, 5) is 39.1. The molecule has 2 amide bonds. The van der Waals surface area contributed by atoms with Gasteiger partial charge in [0.1, 0.15) is 5.82 Å². The first-order valence-corrected chi connectivity index (χ1v) is 11.1. The molecule has 5 rings (SSSR count). The fraction of sp³-hybridized carbons (Fsp3) is 0.478. The molecular weight excluding hydrogens is 519 g/mol. The molecule has 1 saturated carbocycles. The van der Waals surface area contributed by atoms with Gasteiger partial charge in [0.2, 0.25) is 11.8 Å². The Morgan fingerprint density at radius 1 is 1.12 bits per heavy atom. The number of hydrogen-bond donors (Lipinski definition) is 3. The molecule has 2 aliphatic carbocycles.